The summed E-state index contributed by atoms with van der Waals surface area (Å²) in [4.78, 5) is 15.0. The first kappa shape index (κ1) is 20.8. The number of nitrogens with zero attached hydrogens (tertiary/aromatic N) is 2. The summed E-state index contributed by atoms with van der Waals surface area (Å²) in [5.74, 6) is -1.89. The number of carbonyl (C=O) groups is 1. The van der Waals surface area contributed by atoms with Crippen LogP contribution in [0.1, 0.15) is 33.8 Å². The summed E-state index contributed by atoms with van der Waals surface area (Å²) in [5, 5.41) is 8.59. The molecular formula is C16H18F3N3O4S2. The van der Waals surface area contributed by atoms with Crippen LogP contribution in [0, 0.1) is 12.8 Å². The first-order chi connectivity index (χ1) is 13.0. The predicted molar refractivity (Wildman–Crippen MR) is 96.2 cm³/mol. The Labute approximate surface area is 163 Å². The average molecular weight is 437 g/mol. The Bertz CT molecular complexity index is 982. The van der Waals surface area contributed by atoms with Gasteiger partial charge in [0.1, 0.15) is 5.69 Å². The highest BCUT2D eigenvalue weighted by Gasteiger charge is 2.39. The number of aromatic nitrogens is 1. The number of sulfonamides is 1. The van der Waals surface area contributed by atoms with Crippen LogP contribution in [0.15, 0.2) is 16.7 Å². The van der Waals surface area contributed by atoms with Gasteiger partial charge in [-0.15, -0.1) is 11.3 Å². The van der Waals surface area contributed by atoms with Crippen LogP contribution in [0.3, 0.4) is 0 Å². The Kier molecular flexibility index (Phi) is 5.56. The molecule has 0 radical (unpaired) electrons. The number of halogens is 3. The maximum atomic E-state index is 12.9. The summed E-state index contributed by atoms with van der Waals surface area (Å²) in [6.07, 6.45) is -3.33. The van der Waals surface area contributed by atoms with Gasteiger partial charge in [-0.2, -0.15) is 13.2 Å². The highest BCUT2D eigenvalue weighted by molar-refractivity contribution is 7.89. The normalized spacial score (nSPS) is 18.5. The van der Waals surface area contributed by atoms with Gasteiger partial charge in [0, 0.05) is 18.7 Å². The van der Waals surface area contributed by atoms with Crippen LogP contribution < -0.4 is 5.14 Å². The summed E-state index contributed by atoms with van der Waals surface area (Å²) in [6.45, 7) is 2.01. The third-order valence-corrected chi connectivity index (χ3v) is 6.52. The van der Waals surface area contributed by atoms with Crippen molar-refractivity contribution in [2.24, 2.45) is 11.1 Å². The summed E-state index contributed by atoms with van der Waals surface area (Å²) in [5.41, 5.74) is -0.0957. The summed E-state index contributed by atoms with van der Waals surface area (Å²) < 4.78 is 65.6. The topological polar surface area (TPSA) is 106 Å². The number of hydrogen-bond donors (Lipinski definition) is 1. The van der Waals surface area contributed by atoms with E-state index in [1.165, 1.54) is 19.1 Å². The minimum atomic E-state index is -4.64. The predicted octanol–water partition coefficient (Wildman–Crippen LogP) is 2.87. The highest BCUT2D eigenvalue weighted by Crippen LogP contribution is 2.38. The van der Waals surface area contributed by atoms with E-state index < -0.39 is 22.0 Å². The number of piperidine rings is 1. The van der Waals surface area contributed by atoms with Crippen molar-refractivity contribution in [1.82, 2.24) is 10.1 Å². The molecule has 1 saturated heterocycles. The minimum Gasteiger partial charge on any atom is -0.351 e. The van der Waals surface area contributed by atoms with Gasteiger partial charge in [0.25, 0.3) is 5.91 Å². The molecule has 2 aromatic rings. The standard InChI is InChI=1S/C16H18F3N3O4S2/c1-9-13(21-26-14(9)16(17,18)19)11-4-5-12(27-11)15(23)22-6-2-3-10(7-22)8-28(20,24)25/h4-5,10H,2-3,6-8H2,1H3,(H2,20,24,25)/t10-/m0/s1. The first-order valence-electron chi connectivity index (χ1n) is 8.39. The molecule has 0 unspecified atom stereocenters. The van der Waals surface area contributed by atoms with Gasteiger partial charge in [-0.05, 0) is 37.8 Å². The van der Waals surface area contributed by atoms with Gasteiger partial charge in [-0.1, -0.05) is 5.16 Å². The number of carbonyl (C=O) groups excluding carboxylic acids is 1. The molecule has 1 fully saturated rings. The molecule has 0 bridgehead atoms. The van der Waals surface area contributed by atoms with Gasteiger partial charge in [0.05, 0.1) is 15.5 Å². The number of nitrogens with two attached hydrogens (primary N) is 1. The minimum absolute atomic E-state index is 0.0436. The van der Waals surface area contributed by atoms with E-state index in [0.717, 1.165) is 11.3 Å². The lowest BCUT2D eigenvalue weighted by atomic mass is 10.00. The SMILES string of the molecule is Cc1c(-c2ccc(C(=O)N3CCC[C@H](CS(N)(=O)=O)C3)s2)noc1C(F)(F)F. The Balaban J connectivity index is 1.77. The van der Waals surface area contributed by atoms with Crippen molar-refractivity contribution in [3.05, 3.63) is 28.3 Å². The fourth-order valence-corrected chi connectivity index (χ4v) is 5.22. The van der Waals surface area contributed by atoms with Crippen molar-refractivity contribution in [2.45, 2.75) is 25.9 Å². The lowest BCUT2D eigenvalue weighted by molar-refractivity contribution is -0.156. The number of alkyl halides is 3. The van der Waals surface area contributed by atoms with Crippen LogP contribution in [-0.4, -0.2) is 43.2 Å². The molecule has 3 rings (SSSR count). The van der Waals surface area contributed by atoms with Gasteiger partial charge in [-0.25, -0.2) is 13.6 Å². The van der Waals surface area contributed by atoms with Gasteiger partial charge >= 0.3 is 6.18 Å². The average Bonchev–Trinajstić information content (AvgIpc) is 3.18. The van der Waals surface area contributed by atoms with Gasteiger partial charge in [-0.3, -0.25) is 4.79 Å². The highest BCUT2D eigenvalue weighted by atomic mass is 32.2. The molecule has 12 heteroatoms. The monoisotopic (exact) mass is 437 g/mol. The van der Waals surface area contributed by atoms with Crippen molar-refractivity contribution in [2.75, 3.05) is 18.8 Å². The second-order valence-corrected chi connectivity index (χ2v) is 9.48. The van der Waals surface area contributed by atoms with Crippen molar-refractivity contribution >= 4 is 27.3 Å². The number of thiophene rings is 1. The van der Waals surface area contributed by atoms with Crippen molar-refractivity contribution in [3.8, 4) is 10.6 Å². The molecule has 28 heavy (non-hydrogen) atoms. The van der Waals surface area contributed by atoms with Crippen molar-refractivity contribution in [1.29, 1.82) is 0 Å². The van der Waals surface area contributed by atoms with E-state index in [2.05, 4.69) is 9.68 Å². The van der Waals surface area contributed by atoms with Crippen LogP contribution in [0.5, 0.6) is 0 Å². The fraction of sp³-hybridized carbons (Fsp3) is 0.500. The van der Waals surface area contributed by atoms with E-state index in [9.17, 15) is 26.4 Å². The zero-order valence-corrected chi connectivity index (χ0v) is 16.5. The molecule has 1 amide bonds. The lowest BCUT2D eigenvalue weighted by Gasteiger charge is -2.32. The number of likely N-dealkylation sites (tertiary alicyclic amines) is 1. The molecule has 2 aromatic heterocycles. The second-order valence-electron chi connectivity index (χ2n) is 6.74. The molecule has 7 nitrogen and oxygen atoms in total. The molecular weight excluding hydrogens is 419 g/mol. The van der Waals surface area contributed by atoms with E-state index in [0.29, 0.717) is 29.1 Å². The van der Waals surface area contributed by atoms with Crippen LogP contribution in [0.4, 0.5) is 13.2 Å². The van der Waals surface area contributed by atoms with E-state index in [1.54, 1.807) is 4.90 Å². The quantitative estimate of drug-likeness (QED) is 0.792. The maximum absolute atomic E-state index is 12.9. The van der Waals surface area contributed by atoms with Crippen molar-refractivity contribution in [3.63, 3.8) is 0 Å². The number of primary sulfonamides is 1. The number of amides is 1. The Morgan fingerprint density at radius 3 is 2.75 bits per heavy atom. The first-order valence-corrected chi connectivity index (χ1v) is 10.9. The Morgan fingerprint density at radius 2 is 2.14 bits per heavy atom. The zero-order valence-electron chi connectivity index (χ0n) is 14.8. The molecule has 0 saturated carbocycles. The van der Waals surface area contributed by atoms with Crippen molar-refractivity contribution < 1.29 is 30.9 Å². The van der Waals surface area contributed by atoms with Gasteiger partial charge < -0.3 is 9.42 Å². The molecule has 2 N–H and O–H groups in total. The van der Waals surface area contributed by atoms with Crippen LogP contribution in [0.2, 0.25) is 0 Å². The molecule has 0 spiro atoms. The van der Waals surface area contributed by atoms with E-state index in [-0.39, 0.29) is 35.4 Å². The van der Waals surface area contributed by atoms with Crippen LogP contribution in [0.25, 0.3) is 10.6 Å². The molecule has 154 valence electrons. The van der Waals surface area contributed by atoms with E-state index >= 15 is 0 Å². The molecule has 1 aliphatic rings. The molecule has 0 aromatic carbocycles. The zero-order chi connectivity index (χ0) is 20.7. The smallest absolute Gasteiger partial charge is 0.351 e. The maximum Gasteiger partial charge on any atom is 0.452 e. The largest absolute Gasteiger partial charge is 0.452 e. The van der Waals surface area contributed by atoms with E-state index in [4.69, 9.17) is 5.14 Å². The summed E-state index contributed by atoms with van der Waals surface area (Å²) in [6, 6.07) is 3.04. The summed E-state index contributed by atoms with van der Waals surface area (Å²) in [7, 11) is -3.63. The molecule has 1 aliphatic heterocycles. The summed E-state index contributed by atoms with van der Waals surface area (Å²) >= 11 is 1.02. The number of rotatable bonds is 4. The van der Waals surface area contributed by atoms with Crippen LogP contribution in [-0.2, 0) is 16.2 Å². The molecule has 3 heterocycles. The number of hydrogen-bond acceptors (Lipinski definition) is 6. The Morgan fingerprint density at radius 1 is 1.43 bits per heavy atom. The fourth-order valence-electron chi connectivity index (χ4n) is 3.28. The molecule has 0 aliphatic carbocycles. The van der Waals surface area contributed by atoms with Gasteiger partial charge in [0.15, 0.2) is 0 Å². The molecule has 1 atom stereocenters. The third kappa shape index (κ3) is 4.55. The third-order valence-electron chi connectivity index (χ3n) is 4.51. The lowest BCUT2D eigenvalue weighted by Crippen LogP contribution is -2.42. The van der Waals surface area contributed by atoms with Crippen LogP contribution >= 0.6 is 11.3 Å². The second kappa shape index (κ2) is 7.48. The van der Waals surface area contributed by atoms with Gasteiger partial charge in [0.2, 0.25) is 15.8 Å². The van der Waals surface area contributed by atoms with E-state index in [1.807, 2.05) is 0 Å². The Hall–Kier alpha value is -1.92.